The van der Waals surface area contributed by atoms with Crippen LogP contribution in [0.25, 0.3) is 0 Å². The quantitative estimate of drug-likeness (QED) is 0.860. The van der Waals surface area contributed by atoms with Crippen molar-refractivity contribution in [3.63, 3.8) is 0 Å². The van der Waals surface area contributed by atoms with Crippen LogP contribution in [0.15, 0.2) is 24.3 Å². The minimum absolute atomic E-state index is 0.00819. The Morgan fingerprint density at radius 3 is 2.75 bits per heavy atom. The van der Waals surface area contributed by atoms with E-state index in [0.29, 0.717) is 11.4 Å². The summed E-state index contributed by atoms with van der Waals surface area (Å²) in [6.45, 7) is 1.99. The van der Waals surface area contributed by atoms with Crippen molar-refractivity contribution in [1.82, 2.24) is 5.32 Å². The number of fused-ring (bicyclic) bond motifs is 1. The summed E-state index contributed by atoms with van der Waals surface area (Å²) in [7, 11) is 0. The number of para-hydroxylation sites is 2. The SMILES string of the molecule is CC1(NC(=O)N2CC(C(=O)O)Oc3ccccc32)CC1. The van der Waals surface area contributed by atoms with Gasteiger partial charge >= 0.3 is 12.0 Å². The van der Waals surface area contributed by atoms with Gasteiger partial charge in [-0.15, -0.1) is 0 Å². The molecule has 0 bridgehead atoms. The fraction of sp³-hybridized carbons (Fsp3) is 0.429. The van der Waals surface area contributed by atoms with Gasteiger partial charge in [0.15, 0.2) is 0 Å². The van der Waals surface area contributed by atoms with Gasteiger partial charge in [-0.1, -0.05) is 12.1 Å². The number of hydrogen-bond donors (Lipinski definition) is 2. The number of nitrogens with one attached hydrogen (secondary N) is 1. The average molecular weight is 276 g/mol. The van der Waals surface area contributed by atoms with Crippen LogP contribution in [0.5, 0.6) is 5.75 Å². The summed E-state index contributed by atoms with van der Waals surface area (Å²) in [6, 6.07) is 6.70. The zero-order chi connectivity index (χ0) is 14.3. The zero-order valence-electron chi connectivity index (χ0n) is 11.1. The maximum absolute atomic E-state index is 12.4. The standard InChI is InChI=1S/C14H16N2O4/c1-14(6-7-14)15-13(19)16-8-11(12(17)18)20-10-5-3-2-4-9(10)16/h2-5,11H,6-8H2,1H3,(H,15,19)(H,17,18). The minimum atomic E-state index is -1.07. The van der Waals surface area contributed by atoms with Gasteiger partial charge in [0.05, 0.1) is 12.2 Å². The maximum atomic E-state index is 12.4. The second-order valence-corrected chi connectivity index (χ2v) is 5.51. The molecule has 1 aromatic carbocycles. The van der Waals surface area contributed by atoms with Crippen molar-refractivity contribution in [3.05, 3.63) is 24.3 Å². The molecule has 1 aliphatic carbocycles. The number of benzene rings is 1. The van der Waals surface area contributed by atoms with Gasteiger partial charge in [0.2, 0.25) is 6.10 Å². The van der Waals surface area contributed by atoms with Crippen LogP contribution in [0.4, 0.5) is 10.5 Å². The second kappa shape index (κ2) is 4.40. The molecule has 2 aliphatic rings. The van der Waals surface area contributed by atoms with Gasteiger partial charge in [-0.3, -0.25) is 4.90 Å². The lowest BCUT2D eigenvalue weighted by molar-refractivity contribution is -0.144. The highest BCUT2D eigenvalue weighted by Gasteiger charge is 2.41. The Morgan fingerprint density at radius 2 is 2.10 bits per heavy atom. The molecule has 0 spiro atoms. The van der Waals surface area contributed by atoms with E-state index in [1.165, 1.54) is 4.90 Å². The van der Waals surface area contributed by atoms with E-state index in [1.807, 2.05) is 6.92 Å². The van der Waals surface area contributed by atoms with E-state index >= 15 is 0 Å². The predicted molar refractivity (Wildman–Crippen MR) is 72.0 cm³/mol. The number of amides is 2. The van der Waals surface area contributed by atoms with E-state index in [0.717, 1.165) is 12.8 Å². The van der Waals surface area contributed by atoms with E-state index in [1.54, 1.807) is 24.3 Å². The highest BCUT2D eigenvalue weighted by Crippen LogP contribution is 2.37. The first-order chi connectivity index (χ1) is 9.48. The predicted octanol–water partition coefficient (Wildman–Crippen LogP) is 1.60. The molecule has 2 amide bonds. The second-order valence-electron chi connectivity index (χ2n) is 5.51. The van der Waals surface area contributed by atoms with Crippen molar-refractivity contribution < 1.29 is 19.4 Å². The van der Waals surface area contributed by atoms with Crippen LogP contribution < -0.4 is 15.0 Å². The van der Waals surface area contributed by atoms with Crippen molar-refractivity contribution in [3.8, 4) is 5.75 Å². The molecule has 1 fully saturated rings. The number of urea groups is 1. The van der Waals surface area contributed by atoms with Crippen LogP contribution in [0.3, 0.4) is 0 Å². The molecule has 1 unspecified atom stereocenters. The number of nitrogens with zero attached hydrogens (tertiary/aromatic N) is 1. The number of rotatable bonds is 2. The van der Waals surface area contributed by atoms with Crippen LogP contribution in [-0.2, 0) is 4.79 Å². The lowest BCUT2D eigenvalue weighted by atomic mass is 10.2. The Balaban J connectivity index is 1.88. The van der Waals surface area contributed by atoms with Gasteiger partial charge < -0.3 is 15.2 Å². The lowest BCUT2D eigenvalue weighted by Gasteiger charge is -2.33. The first-order valence-electron chi connectivity index (χ1n) is 6.57. The highest BCUT2D eigenvalue weighted by molar-refractivity contribution is 5.96. The van der Waals surface area contributed by atoms with Crippen LogP contribution in [0.1, 0.15) is 19.8 Å². The number of carbonyl (C=O) groups is 2. The molecule has 20 heavy (non-hydrogen) atoms. The summed E-state index contributed by atoms with van der Waals surface area (Å²) in [5.74, 6) is -0.655. The van der Waals surface area contributed by atoms with Crippen LogP contribution in [0, 0.1) is 0 Å². The molecule has 6 heteroatoms. The normalized spacial score (nSPS) is 22.4. The van der Waals surface area contributed by atoms with Crippen molar-refractivity contribution >= 4 is 17.7 Å². The minimum Gasteiger partial charge on any atom is -0.478 e. The largest absolute Gasteiger partial charge is 0.478 e. The van der Waals surface area contributed by atoms with Crippen molar-refractivity contribution in [1.29, 1.82) is 0 Å². The highest BCUT2D eigenvalue weighted by atomic mass is 16.5. The first-order valence-corrected chi connectivity index (χ1v) is 6.57. The van der Waals surface area contributed by atoms with E-state index in [4.69, 9.17) is 9.84 Å². The Morgan fingerprint density at radius 1 is 1.40 bits per heavy atom. The van der Waals surface area contributed by atoms with Gasteiger partial charge in [-0.2, -0.15) is 0 Å². The monoisotopic (exact) mass is 276 g/mol. The van der Waals surface area contributed by atoms with Crippen LogP contribution in [-0.4, -0.2) is 35.3 Å². The summed E-state index contributed by atoms with van der Waals surface area (Å²) < 4.78 is 5.40. The smallest absolute Gasteiger partial charge is 0.346 e. The van der Waals surface area contributed by atoms with Crippen molar-refractivity contribution in [2.45, 2.75) is 31.4 Å². The number of anilines is 1. The molecule has 1 aromatic rings. The Labute approximate surface area is 116 Å². The number of carbonyl (C=O) groups excluding carboxylic acids is 1. The molecule has 106 valence electrons. The molecule has 1 saturated carbocycles. The molecule has 6 nitrogen and oxygen atoms in total. The number of carboxylic acids is 1. The third kappa shape index (κ3) is 2.29. The molecule has 1 atom stereocenters. The average Bonchev–Trinajstić information content (AvgIpc) is 3.14. The van der Waals surface area contributed by atoms with Gasteiger partial charge in [0.1, 0.15) is 5.75 Å². The molecule has 1 heterocycles. The van der Waals surface area contributed by atoms with E-state index < -0.39 is 12.1 Å². The fourth-order valence-electron chi connectivity index (χ4n) is 2.19. The van der Waals surface area contributed by atoms with Gasteiger partial charge in [0.25, 0.3) is 0 Å². The lowest BCUT2D eigenvalue weighted by Crippen LogP contribution is -2.52. The van der Waals surface area contributed by atoms with Gasteiger partial charge in [0, 0.05) is 5.54 Å². The number of hydrogen-bond acceptors (Lipinski definition) is 3. The van der Waals surface area contributed by atoms with Gasteiger partial charge in [-0.05, 0) is 31.9 Å². The number of carboxylic acid groups (broad SMARTS) is 1. The first kappa shape index (κ1) is 12.8. The zero-order valence-corrected chi connectivity index (χ0v) is 11.1. The molecule has 0 saturated heterocycles. The Hall–Kier alpha value is -2.24. The molecular formula is C14H16N2O4. The molecule has 0 radical (unpaired) electrons. The Bertz CT molecular complexity index is 568. The summed E-state index contributed by atoms with van der Waals surface area (Å²) in [5, 5.41) is 12.1. The third-order valence-corrected chi connectivity index (χ3v) is 3.70. The molecular weight excluding hydrogens is 260 g/mol. The van der Waals surface area contributed by atoms with Crippen LogP contribution in [0.2, 0.25) is 0 Å². The summed E-state index contributed by atoms with van der Waals surface area (Å²) >= 11 is 0. The van der Waals surface area contributed by atoms with E-state index in [-0.39, 0.29) is 18.1 Å². The van der Waals surface area contributed by atoms with Crippen molar-refractivity contribution in [2.75, 3.05) is 11.4 Å². The van der Waals surface area contributed by atoms with Crippen molar-refractivity contribution in [2.24, 2.45) is 0 Å². The molecule has 1 aliphatic heterocycles. The molecule has 0 aromatic heterocycles. The summed E-state index contributed by atoms with van der Waals surface area (Å²) in [5.41, 5.74) is 0.454. The summed E-state index contributed by atoms with van der Waals surface area (Å²) in [6.07, 6.45) is 0.864. The van der Waals surface area contributed by atoms with E-state index in [2.05, 4.69) is 5.32 Å². The molecule has 2 N–H and O–H groups in total. The summed E-state index contributed by atoms with van der Waals surface area (Å²) in [4.78, 5) is 24.9. The maximum Gasteiger partial charge on any atom is 0.346 e. The van der Waals surface area contributed by atoms with Gasteiger partial charge in [-0.25, -0.2) is 9.59 Å². The van der Waals surface area contributed by atoms with Crippen LogP contribution >= 0.6 is 0 Å². The topological polar surface area (TPSA) is 78.9 Å². The number of aliphatic carboxylic acids is 1. The molecule has 3 rings (SSSR count). The third-order valence-electron chi connectivity index (χ3n) is 3.70. The van der Waals surface area contributed by atoms with E-state index in [9.17, 15) is 9.59 Å². The Kier molecular flexibility index (Phi) is 2.81. The fourth-order valence-corrected chi connectivity index (χ4v) is 2.19. The number of ether oxygens (including phenoxy) is 1.